The topological polar surface area (TPSA) is 79.9 Å². The normalized spacial score (nSPS) is 24.2. The number of hydrogen-bond donors (Lipinski definition) is 2. The molecule has 0 radical (unpaired) electrons. The smallest absolute Gasteiger partial charge is 0.206 e. The number of rotatable bonds is 3. The van der Waals surface area contributed by atoms with Crippen LogP contribution in [0.5, 0.6) is 0 Å². The van der Waals surface area contributed by atoms with Crippen molar-refractivity contribution in [3.8, 4) is 0 Å². The van der Waals surface area contributed by atoms with Crippen LogP contribution in [-0.2, 0) is 9.53 Å². The zero-order valence-corrected chi connectivity index (χ0v) is 17.0. The van der Waals surface area contributed by atoms with Gasteiger partial charge in [0.25, 0.3) is 0 Å². The van der Waals surface area contributed by atoms with Crippen LogP contribution in [0, 0.1) is 5.82 Å². The van der Waals surface area contributed by atoms with Crippen molar-refractivity contribution in [3.63, 3.8) is 0 Å². The van der Waals surface area contributed by atoms with Crippen LogP contribution < -0.4 is 5.32 Å². The quantitative estimate of drug-likeness (QED) is 0.653. The van der Waals surface area contributed by atoms with Gasteiger partial charge < -0.3 is 15.0 Å². The molecule has 2 aliphatic heterocycles. The van der Waals surface area contributed by atoms with Gasteiger partial charge in [-0.15, -0.1) is 0 Å². The number of aromatic nitrogens is 3. The molecule has 3 aromatic rings. The molecule has 0 spiro atoms. The van der Waals surface area contributed by atoms with Crippen LogP contribution in [0.25, 0.3) is 16.8 Å². The Morgan fingerprint density at radius 3 is 2.97 bits per heavy atom. The summed E-state index contributed by atoms with van der Waals surface area (Å²) < 4.78 is 19.3. The molecule has 4 heterocycles. The maximum atomic E-state index is 13.4. The number of piperidine rings is 1. The number of nitrogens with one attached hydrogen (secondary N) is 2. The van der Waals surface area contributed by atoms with Crippen molar-refractivity contribution in [1.82, 2.24) is 20.3 Å². The van der Waals surface area contributed by atoms with Crippen LogP contribution in [0.15, 0.2) is 36.5 Å². The first-order valence-corrected chi connectivity index (χ1v) is 10.3. The predicted molar refractivity (Wildman–Crippen MR) is 112 cm³/mol. The van der Waals surface area contributed by atoms with E-state index in [1.165, 1.54) is 24.3 Å². The fourth-order valence-corrected chi connectivity index (χ4v) is 4.28. The Balaban J connectivity index is 1.40. The molecule has 1 saturated heterocycles. The van der Waals surface area contributed by atoms with Crippen LogP contribution in [0.4, 0.5) is 4.39 Å². The molecular formula is C22H20ClFN4O2. The summed E-state index contributed by atoms with van der Waals surface area (Å²) in [4.78, 5) is 25.0. The molecule has 2 aliphatic rings. The molecule has 6 nitrogen and oxygen atoms in total. The minimum Gasteiger partial charge on any atom is -0.475 e. The lowest BCUT2D eigenvalue weighted by Crippen LogP contribution is -2.35. The van der Waals surface area contributed by atoms with Crippen molar-refractivity contribution in [3.05, 3.63) is 64.5 Å². The van der Waals surface area contributed by atoms with Crippen LogP contribution in [0.1, 0.15) is 48.9 Å². The Morgan fingerprint density at radius 2 is 2.17 bits per heavy atom. The Morgan fingerprint density at radius 1 is 1.30 bits per heavy atom. The average molecular weight is 427 g/mol. The van der Waals surface area contributed by atoms with Gasteiger partial charge in [-0.2, -0.15) is 0 Å². The van der Waals surface area contributed by atoms with Crippen molar-refractivity contribution in [2.75, 3.05) is 6.54 Å². The summed E-state index contributed by atoms with van der Waals surface area (Å²) in [6.45, 7) is 3.12. The predicted octanol–water partition coefficient (Wildman–Crippen LogP) is 4.29. The number of benzene rings is 1. The summed E-state index contributed by atoms with van der Waals surface area (Å²) in [6.07, 6.45) is 4.38. The SMILES string of the molecule is CC1CC(c2ncc3[nH]c(C4OC(c5ccc(F)c(Cl)c5)=CC4=O)cc3n2)CCN1. The first-order chi connectivity index (χ1) is 14.5. The molecule has 1 aromatic carbocycles. The first kappa shape index (κ1) is 19.2. The number of aromatic amines is 1. The van der Waals surface area contributed by atoms with E-state index < -0.39 is 11.9 Å². The average Bonchev–Trinajstić information content (AvgIpc) is 3.32. The fraction of sp³-hybridized carbons (Fsp3) is 0.318. The number of ether oxygens (including phenoxy) is 1. The van der Waals surface area contributed by atoms with Gasteiger partial charge in [0.05, 0.1) is 27.9 Å². The highest BCUT2D eigenvalue weighted by atomic mass is 35.5. The lowest BCUT2D eigenvalue weighted by molar-refractivity contribution is -0.120. The van der Waals surface area contributed by atoms with Gasteiger partial charge in [0, 0.05) is 23.6 Å². The van der Waals surface area contributed by atoms with Crippen molar-refractivity contribution >= 4 is 34.2 Å². The Labute approximate surface area is 177 Å². The molecule has 8 heteroatoms. The fourth-order valence-electron chi connectivity index (χ4n) is 4.10. The highest BCUT2D eigenvalue weighted by Gasteiger charge is 2.31. The molecule has 0 amide bonds. The highest BCUT2D eigenvalue weighted by molar-refractivity contribution is 6.30. The number of hydrogen-bond acceptors (Lipinski definition) is 5. The van der Waals surface area contributed by atoms with Gasteiger partial charge in [-0.25, -0.2) is 14.4 Å². The Bertz CT molecular complexity index is 1180. The summed E-state index contributed by atoms with van der Waals surface area (Å²) in [5.74, 6) is 0.804. The molecule has 3 unspecified atom stereocenters. The molecule has 0 aliphatic carbocycles. The summed E-state index contributed by atoms with van der Waals surface area (Å²) >= 11 is 5.86. The number of halogens is 2. The number of nitrogens with zero attached hydrogens (tertiary/aromatic N) is 2. The van der Waals surface area contributed by atoms with Gasteiger partial charge in [-0.05, 0) is 50.6 Å². The summed E-state index contributed by atoms with van der Waals surface area (Å²) in [7, 11) is 0. The second kappa shape index (κ2) is 7.49. The second-order valence-corrected chi connectivity index (χ2v) is 8.27. The number of carbonyl (C=O) groups excluding carboxylic acids is 1. The van der Waals surface area contributed by atoms with Crippen LogP contribution >= 0.6 is 11.6 Å². The molecule has 3 atom stereocenters. The summed E-state index contributed by atoms with van der Waals surface area (Å²) in [6, 6.07) is 6.51. The van der Waals surface area contributed by atoms with Gasteiger partial charge in [0.2, 0.25) is 11.9 Å². The van der Waals surface area contributed by atoms with Gasteiger partial charge in [-0.1, -0.05) is 11.6 Å². The van der Waals surface area contributed by atoms with Gasteiger partial charge in [0.1, 0.15) is 17.4 Å². The summed E-state index contributed by atoms with van der Waals surface area (Å²) in [5, 5.41) is 3.42. The largest absolute Gasteiger partial charge is 0.475 e. The van der Waals surface area contributed by atoms with Crippen LogP contribution in [-0.4, -0.2) is 33.3 Å². The maximum Gasteiger partial charge on any atom is 0.206 e. The van der Waals surface area contributed by atoms with E-state index in [9.17, 15) is 9.18 Å². The molecule has 0 bridgehead atoms. The molecule has 154 valence electrons. The number of H-pyrrole nitrogens is 1. The van der Waals surface area contributed by atoms with Crippen molar-refractivity contribution in [1.29, 1.82) is 0 Å². The van der Waals surface area contributed by atoms with E-state index >= 15 is 0 Å². The van der Waals surface area contributed by atoms with Gasteiger partial charge in [0.15, 0.2) is 0 Å². The lowest BCUT2D eigenvalue weighted by atomic mass is 9.92. The van der Waals surface area contributed by atoms with E-state index in [4.69, 9.17) is 21.3 Å². The van der Waals surface area contributed by atoms with Crippen LogP contribution in [0.3, 0.4) is 0 Å². The van der Waals surface area contributed by atoms with Crippen molar-refractivity contribution in [2.24, 2.45) is 0 Å². The Hall–Kier alpha value is -2.77. The van der Waals surface area contributed by atoms with E-state index in [-0.39, 0.29) is 10.8 Å². The number of ketones is 1. The van der Waals surface area contributed by atoms with Crippen molar-refractivity contribution < 1.29 is 13.9 Å². The highest BCUT2D eigenvalue weighted by Crippen LogP contribution is 2.35. The molecule has 5 rings (SSSR count). The molecular weight excluding hydrogens is 407 g/mol. The third kappa shape index (κ3) is 3.48. The third-order valence-electron chi connectivity index (χ3n) is 5.66. The number of fused-ring (bicyclic) bond motifs is 1. The van der Waals surface area contributed by atoms with E-state index in [0.29, 0.717) is 29.0 Å². The van der Waals surface area contributed by atoms with E-state index in [0.717, 1.165) is 36.2 Å². The molecule has 30 heavy (non-hydrogen) atoms. The number of carbonyl (C=O) groups is 1. The zero-order chi connectivity index (χ0) is 20.8. The first-order valence-electron chi connectivity index (χ1n) is 9.94. The lowest BCUT2D eigenvalue weighted by Gasteiger charge is -2.26. The molecule has 2 N–H and O–H groups in total. The summed E-state index contributed by atoms with van der Waals surface area (Å²) in [5.41, 5.74) is 2.68. The Kier molecular flexibility index (Phi) is 4.79. The van der Waals surface area contributed by atoms with Gasteiger partial charge in [-0.3, -0.25) is 4.79 Å². The maximum absolute atomic E-state index is 13.4. The second-order valence-electron chi connectivity index (χ2n) is 7.87. The van der Waals surface area contributed by atoms with E-state index in [2.05, 4.69) is 22.2 Å². The van der Waals surface area contributed by atoms with Gasteiger partial charge >= 0.3 is 0 Å². The molecule has 1 fully saturated rings. The minimum atomic E-state index is -0.805. The van der Waals surface area contributed by atoms with E-state index in [1.54, 1.807) is 6.20 Å². The monoisotopic (exact) mass is 426 g/mol. The van der Waals surface area contributed by atoms with Crippen molar-refractivity contribution in [2.45, 2.75) is 37.8 Å². The molecule has 2 aromatic heterocycles. The minimum absolute atomic E-state index is 0.0199. The van der Waals surface area contributed by atoms with Crippen LogP contribution in [0.2, 0.25) is 5.02 Å². The molecule has 0 saturated carbocycles. The van der Waals surface area contributed by atoms with E-state index in [1.807, 2.05) is 6.07 Å². The standard InChI is InChI=1S/C22H20ClFN4O2/c1-11-6-13(4-5-25-11)22-26-10-18-16(28-22)8-17(27-18)21-19(29)9-20(30-21)12-2-3-15(24)14(23)7-12/h2-3,7-11,13,21,25,27H,4-6H2,1H3. The zero-order valence-electron chi connectivity index (χ0n) is 16.3. The third-order valence-corrected chi connectivity index (χ3v) is 5.95.